The number of carbonyl (C=O) groups excluding carboxylic acids is 2. The normalized spacial score (nSPS) is 11.7. The Balaban J connectivity index is 0.000000270. The van der Waals surface area contributed by atoms with E-state index in [9.17, 15) is 19.8 Å². The van der Waals surface area contributed by atoms with Crippen molar-refractivity contribution >= 4 is 17.5 Å². The minimum Gasteiger partial charge on any atom is -0.508 e. The number of amides is 2. The first-order valence-electron chi connectivity index (χ1n) is 17.1. The molecule has 0 spiro atoms. The van der Waals surface area contributed by atoms with Crippen LogP contribution in [0, 0.1) is 13.8 Å². The lowest BCUT2D eigenvalue weighted by molar-refractivity contribution is -0.134. The van der Waals surface area contributed by atoms with E-state index in [0.717, 1.165) is 46.6 Å². The van der Waals surface area contributed by atoms with Gasteiger partial charge in [-0.3, -0.25) is 19.5 Å². The first-order valence-corrected chi connectivity index (χ1v) is 17.1. The Labute approximate surface area is 297 Å². The van der Waals surface area contributed by atoms with Gasteiger partial charge in [0.25, 0.3) is 0 Å². The molecular weight excluding hydrogens is 630 g/mol. The maximum atomic E-state index is 12.7. The monoisotopic (exact) mass is 685 g/mol. The minimum atomic E-state index is -0.554. The average molecular weight is 686 g/mol. The molecule has 0 radical (unpaired) electrons. The third-order valence-corrected chi connectivity index (χ3v) is 8.16. The van der Waals surface area contributed by atoms with Crippen molar-refractivity contribution in [3.05, 3.63) is 125 Å². The molecule has 2 atom stereocenters. The highest BCUT2D eigenvalue weighted by Crippen LogP contribution is 2.21. The summed E-state index contributed by atoms with van der Waals surface area (Å²) >= 11 is 0. The van der Waals surface area contributed by atoms with E-state index in [1.165, 1.54) is 0 Å². The number of phenolic OH excluding ortho intramolecular Hbond substituents is 1. The van der Waals surface area contributed by atoms with Gasteiger partial charge in [0, 0.05) is 37.7 Å². The number of nitrogens with zero attached hydrogens (tertiary/aromatic N) is 3. The number of rotatable bonds is 14. The molecule has 50 heavy (non-hydrogen) atoms. The number of benzene rings is 3. The van der Waals surface area contributed by atoms with E-state index >= 15 is 0 Å². The summed E-state index contributed by atoms with van der Waals surface area (Å²) in [5, 5.41) is 34.0. The van der Waals surface area contributed by atoms with Gasteiger partial charge in [0.2, 0.25) is 11.8 Å². The van der Waals surface area contributed by atoms with Crippen molar-refractivity contribution in [2.75, 3.05) is 51.7 Å². The molecule has 1 heterocycles. The van der Waals surface area contributed by atoms with Crippen molar-refractivity contribution in [1.29, 1.82) is 0 Å². The Kier molecular flexibility index (Phi) is 19.0. The molecule has 4 rings (SSSR count). The molecule has 0 saturated carbocycles. The molecule has 270 valence electrons. The maximum absolute atomic E-state index is 12.7. The quantitative estimate of drug-likeness (QED) is 0.118. The van der Waals surface area contributed by atoms with Gasteiger partial charge in [-0.15, -0.1) is 0 Å². The molecule has 10 nitrogen and oxygen atoms in total. The van der Waals surface area contributed by atoms with Crippen LogP contribution in [0.15, 0.2) is 97.3 Å². The number of carbonyl (C=O) groups is 2. The maximum Gasteiger partial charge on any atom is 0.238 e. The first-order chi connectivity index (χ1) is 24.1. The summed E-state index contributed by atoms with van der Waals surface area (Å²) in [7, 11) is 1.77. The number of phenols is 1. The van der Waals surface area contributed by atoms with Crippen molar-refractivity contribution < 1.29 is 24.9 Å². The van der Waals surface area contributed by atoms with Crippen molar-refractivity contribution in [1.82, 2.24) is 20.1 Å². The van der Waals surface area contributed by atoms with Crippen LogP contribution in [0.4, 0.5) is 5.69 Å². The fourth-order valence-electron chi connectivity index (χ4n) is 5.17. The lowest BCUT2D eigenvalue weighted by Crippen LogP contribution is -2.36. The molecule has 0 aliphatic rings. The molecule has 3 aromatic carbocycles. The Bertz CT molecular complexity index is 1530. The number of nitrogens with one attached hydrogen (secondary N) is 2. The van der Waals surface area contributed by atoms with Crippen LogP contribution < -0.4 is 10.6 Å². The van der Waals surface area contributed by atoms with Crippen molar-refractivity contribution in [2.45, 2.75) is 53.2 Å². The second-order valence-corrected chi connectivity index (χ2v) is 11.8. The van der Waals surface area contributed by atoms with E-state index in [4.69, 9.17) is 5.11 Å². The molecule has 0 aliphatic heterocycles. The standard InChI is InChI=1S/C17H20N2O2.C14H22N2O.C9H13NO2/c1-2-19(12-14-8-10-18-11-9-14)17(21)16(13-20)15-6-4-3-5-7-15;1-5-16(6-2)10-13(17)15-14-11(3)8-7-9-12(14)4;1-10-6-9(12)7-3-2-4-8(11)5-7/h3-11,16,20H,2,12-13H2,1H3;7-9H,5-6,10H2,1-4H3,(H,15,17);2-5,9-12H,6H2,1H3/t;;9-/m..0/s1. The molecule has 2 amide bonds. The summed E-state index contributed by atoms with van der Waals surface area (Å²) in [6.07, 6.45) is 2.88. The number of likely N-dealkylation sites (N-methyl/N-ethyl adjacent to an activating group) is 3. The van der Waals surface area contributed by atoms with Gasteiger partial charge in [-0.05, 0) is 93.0 Å². The van der Waals surface area contributed by atoms with E-state index in [1.54, 1.807) is 48.6 Å². The number of para-hydroxylation sites is 1. The Morgan fingerprint density at radius 1 is 0.820 bits per heavy atom. The molecule has 0 aliphatic carbocycles. The second kappa shape index (κ2) is 22.9. The predicted octanol–water partition coefficient (Wildman–Crippen LogP) is 5.43. The molecule has 1 aromatic heterocycles. The smallest absolute Gasteiger partial charge is 0.238 e. The van der Waals surface area contributed by atoms with Crippen LogP contribution in [0.1, 0.15) is 60.6 Å². The number of aliphatic hydroxyl groups excluding tert-OH is 2. The van der Waals surface area contributed by atoms with E-state index in [0.29, 0.717) is 26.2 Å². The number of aromatic nitrogens is 1. The van der Waals surface area contributed by atoms with Crippen LogP contribution in [0.5, 0.6) is 5.75 Å². The Morgan fingerprint density at radius 2 is 1.42 bits per heavy atom. The zero-order valence-corrected chi connectivity index (χ0v) is 30.3. The summed E-state index contributed by atoms with van der Waals surface area (Å²) in [6, 6.07) is 25.9. The molecular formula is C40H55N5O5. The summed E-state index contributed by atoms with van der Waals surface area (Å²) in [5.41, 5.74) is 5.77. The largest absolute Gasteiger partial charge is 0.508 e. The van der Waals surface area contributed by atoms with Gasteiger partial charge in [-0.1, -0.05) is 74.5 Å². The fourth-order valence-corrected chi connectivity index (χ4v) is 5.17. The highest BCUT2D eigenvalue weighted by atomic mass is 16.3. The van der Waals surface area contributed by atoms with E-state index in [2.05, 4.69) is 34.4 Å². The number of hydrogen-bond donors (Lipinski definition) is 5. The summed E-state index contributed by atoms with van der Waals surface area (Å²) in [6.45, 7) is 13.8. The van der Waals surface area contributed by atoms with Gasteiger partial charge in [0.05, 0.1) is 25.2 Å². The van der Waals surface area contributed by atoms with Crippen molar-refractivity contribution in [2.24, 2.45) is 0 Å². The lowest BCUT2D eigenvalue weighted by atomic mass is 9.98. The molecule has 0 saturated heterocycles. The molecule has 4 aromatic rings. The van der Waals surface area contributed by atoms with Crippen LogP contribution in [0.25, 0.3) is 0 Å². The zero-order chi connectivity index (χ0) is 36.9. The van der Waals surface area contributed by atoms with Gasteiger partial charge >= 0.3 is 0 Å². The van der Waals surface area contributed by atoms with Gasteiger partial charge < -0.3 is 30.9 Å². The van der Waals surface area contributed by atoms with Gasteiger partial charge in [-0.25, -0.2) is 0 Å². The van der Waals surface area contributed by atoms with E-state index in [-0.39, 0.29) is 24.2 Å². The van der Waals surface area contributed by atoms with Crippen LogP contribution in [0.2, 0.25) is 0 Å². The highest BCUT2D eigenvalue weighted by molar-refractivity contribution is 5.93. The molecule has 0 bridgehead atoms. The summed E-state index contributed by atoms with van der Waals surface area (Å²) in [5.74, 6) is -0.315. The number of pyridine rings is 1. The third-order valence-electron chi connectivity index (χ3n) is 8.16. The van der Waals surface area contributed by atoms with Crippen LogP contribution in [0.3, 0.4) is 0 Å². The van der Waals surface area contributed by atoms with E-state index < -0.39 is 12.0 Å². The molecule has 5 N–H and O–H groups in total. The van der Waals surface area contributed by atoms with Crippen LogP contribution in [-0.2, 0) is 16.1 Å². The number of anilines is 1. The topological polar surface area (TPSA) is 138 Å². The van der Waals surface area contributed by atoms with Crippen molar-refractivity contribution in [3.8, 4) is 5.75 Å². The van der Waals surface area contributed by atoms with E-state index in [1.807, 2.05) is 81.4 Å². The van der Waals surface area contributed by atoms with Gasteiger partial charge in [0.1, 0.15) is 5.75 Å². The second-order valence-electron chi connectivity index (χ2n) is 11.8. The molecule has 1 unspecified atom stereocenters. The van der Waals surface area contributed by atoms with Crippen LogP contribution in [-0.4, -0.2) is 88.3 Å². The zero-order valence-electron chi connectivity index (χ0n) is 30.3. The lowest BCUT2D eigenvalue weighted by Gasteiger charge is -2.25. The Hall–Kier alpha value is -4.61. The number of aryl methyl sites for hydroxylation is 2. The van der Waals surface area contributed by atoms with Gasteiger partial charge in [-0.2, -0.15) is 0 Å². The average Bonchev–Trinajstić information content (AvgIpc) is 3.13. The van der Waals surface area contributed by atoms with Crippen molar-refractivity contribution in [3.63, 3.8) is 0 Å². The fraction of sp³-hybridized carbons (Fsp3) is 0.375. The Morgan fingerprint density at radius 3 is 1.96 bits per heavy atom. The predicted molar refractivity (Wildman–Crippen MR) is 201 cm³/mol. The summed E-state index contributed by atoms with van der Waals surface area (Å²) in [4.78, 5) is 32.4. The minimum absolute atomic E-state index is 0.0528. The number of hydrogen-bond acceptors (Lipinski definition) is 8. The highest BCUT2D eigenvalue weighted by Gasteiger charge is 2.24. The number of aliphatic hydroxyl groups is 2. The SMILES string of the molecule is CCN(CC)CC(=O)Nc1c(C)cccc1C.CCN(Cc1ccncc1)C(=O)C(CO)c1ccccc1.CNC[C@H](O)c1cccc(O)c1. The third kappa shape index (κ3) is 14.1. The van der Waals surface area contributed by atoms with Crippen LogP contribution >= 0.6 is 0 Å². The molecule has 10 heteroatoms. The number of aromatic hydroxyl groups is 1. The summed E-state index contributed by atoms with van der Waals surface area (Å²) < 4.78 is 0. The molecule has 0 fully saturated rings. The van der Waals surface area contributed by atoms with Gasteiger partial charge in [0.15, 0.2) is 0 Å². The first kappa shape index (κ1) is 41.6.